The Morgan fingerprint density at radius 2 is 2.03 bits per heavy atom. The van der Waals surface area contributed by atoms with Crippen LogP contribution in [0.15, 0.2) is 42.6 Å². The molecule has 1 saturated carbocycles. The molecule has 1 saturated heterocycles. The molecular formula is C23H24N4O2. The highest BCUT2D eigenvalue weighted by Crippen LogP contribution is 2.32. The summed E-state index contributed by atoms with van der Waals surface area (Å²) in [4.78, 5) is 14.6. The number of rotatable bonds is 4. The third-order valence-electron chi connectivity index (χ3n) is 5.83. The molecule has 0 spiro atoms. The van der Waals surface area contributed by atoms with Crippen LogP contribution in [-0.2, 0) is 0 Å². The highest BCUT2D eigenvalue weighted by molar-refractivity contribution is 5.98. The van der Waals surface area contributed by atoms with Gasteiger partial charge in [-0.1, -0.05) is 12.1 Å². The van der Waals surface area contributed by atoms with Crippen molar-refractivity contribution < 1.29 is 9.90 Å². The van der Waals surface area contributed by atoms with E-state index in [1.54, 1.807) is 6.20 Å². The molecule has 1 aliphatic carbocycles. The molecule has 0 bridgehead atoms. The van der Waals surface area contributed by atoms with Gasteiger partial charge in [-0.2, -0.15) is 5.10 Å². The average Bonchev–Trinajstić information content (AvgIpc) is 3.44. The van der Waals surface area contributed by atoms with E-state index in [0.29, 0.717) is 18.2 Å². The van der Waals surface area contributed by atoms with Crippen LogP contribution in [0.4, 0.5) is 5.82 Å². The zero-order valence-electron chi connectivity index (χ0n) is 16.4. The van der Waals surface area contributed by atoms with Gasteiger partial charge in [0, 0.05) is 35.5 Å². The lowest BCUT2D eigenvalue weighted by molar-refractivity contribution is 0.0951. The van der Waals surface area contributed by atoms with Gasteiger partial charge in [-0.25, -0.2) is 0 Å². The molecule has 1 aromatic heterocycles. The molecule has 29 heavy (non-hydrogen) atoms. The predicted molar refractivity (Wildman–Crippen MR) is 113 cm³/mol. The molecule has 5 rings (SSSR count). The molecule has 6 nitrogen and oxygen atoms in total. The molecule has 1 atom stereocenters. The Morgan fingerprint density at radius 1 is 1.17 bits per heavy atom. The molecule has 2 N–H and O–H groups in total. The van der Waals surface area contributed by atoms with Gasteiger partial charge in [0.2, 0.25) is 0 Å². The van der Waals surface area contributed by atoms with E-state index in [1.165, 1.54) is 0 Å². The van der Waals surface area contributed by atoms with Gasteiger partial charge in [0.1, 0.15) is 0 Å². The van der Waals surface area contributed by atoms with Crippen molar-refractivity contribution in [1.29, 1.82) is 0 Å². The number of amides is 1. The fourth-order valence-electron chi connectivity index (χ4n) is 3.98. The molecule has 2 aliphatic rings. The summed E-state index contributed by atoms with van der Waals surface area (Å²) in [6, 6.07) is 12.4. The molecule has 0 radical (unpaired) electrons. The minimum absolute atomic E-state index is 0.00437. The molecule has 2 heterocycles. The van der Waals surface area contributed by atoms with Crippen molar-refractivity contribution >= 4 is 22.5 Å². The number of anilines is 1. The summed E-state index contributed by atoms with van der Waals surface area (Å²) in [5.74, 6) is 0.815. The predicted octanol–water partition coefficient (Wildman–Crippen LogP) is 3.07. The first-order valence-corrected chi connectivity index (χ1v) is 10.2. The fraction of sp³-hybridized carbons (Fsp3) is 0.348. The van der Waals surface area contributed by atoms with Crippen LogP contribution in [0.3, 0.4) is 0 Å². The van der Waals surface area contributed by atoms with Crippen molar-refractivity contribution in [2.75, 3.05) is 18.0 Å². The summed E-state index contributed by atoms with van der Waals surface area (Å²) in [6.45, 7) is 3.44. The minimum Gasteiger partial charge on any atom is -0.391 e. The summed E-state index contributed by atoms with van der Waals surface area (Å²) in [5.41, 5.74) is 3.91. The Balaban J connectivity index is 1.51. The number of carbonyl (C=O) groups excluding carboxylic acids is 1. The SMILES string of the molecule is Cc1ccc(C(=O)NC2CC2)cc1-c1ccc2c(N3CC[C@@H](O)C3)nncc2c1. The number of β-amino-alcohol motifs (C(OH)–C–C–N with tert-alkyl or cyclic N) is 1. The number of aryl methyl sites for hydroxylation is 1. The van der Waals surface area contributed by atoms with E-state index in [4.69, 9.17) is 0 Å². The van der Waals surface area contributed by atoms with Crippen LogP contribution >= 0.6 is 0 Å². The molecule has 6 heteroatoms. The highest BCUT2D eigenvalue weighted by Gasteiger charge is 2.25. The molecule has 3 aromatic rings. The zero-order valence-corrected chi connectivity index (χ0v) is 16.4. The number of hydrogen-bond donors (Lipinski definition) is 2. The maximum absolute atomic E-state index is 12.5. The Kier molecular flexibility index (Phi) is 4.43. The number of hydrogen-bond acceptors (Lipinski definition) is 5. The van der Waals surface area contributed by atoms with E-state index in [2.05, 4.69) is 45.5 Å². The molecule has 1 aliphatic heterocycles. The summed E-state index contributed by atoms with van der Waals surface area (Å²) >= 11 is 0. The standard InChI is InChI=1S/C23H24N4O2/c1-14-2-3-16(23(29)25-18-5-6-18)11-21(14)15-4-7-20-17(10-15)12-24-26-22(20)27-9-8-19(28)13-27/h2-4,7,10-12,18-19,28H,5-6,8-9,13H2,1H3,(H,25,29)/t19-/m1/s1. The van der Waals surface area contributed by atoms with Gasteiger partial charge >= 0.3 is 0 Å². The van der Waals surface area contributed by atoms with E-state index < -0.39 is 0 Å². The quantitative estimate of drug-likeness (QED) is 0.718. The average molecular weight is 388 g/mol. The summed E-state index contributed by atoms with van der Waals surface area (Å²) in [7, 11) is 0. The highest BCUT2D eigenvalue weighted by atomic mass is 16.3. The topological polar surface area (TPSA) is 78.4 Å². The molecular weight excluding hydrogens is 364 g/mol. The van der Waals surface area contributed by atoms with Crippen molar-refractivity contribution in [2.45, 2.75) is 38.3 Å². The molecule has 2 fully saturated rings. The summed E-state index contributed by atoms with van der Waals surface area (Å²) < 4.78 is 0. The molecule has 1 amide bonds. The Bertz CT molecular complexity index is 1090. The number of aliphatic hydroxyl groups excluding tert-OH is 1. The molecule has 148 valence electrons. The van der Waals surface area contributed by atoms with Crippen molar-refractivity contribution in [3.8, 4) is 11.1 Å². The largest absolute Gasteiger partial charge is 0.391 e. The van der Waals surface area contributed by atoms with Crippen LogP contribution in [0.2, 0.25) is 0 Å². The number of benzene rings is 2. The van der Waals surface area contributed by atoms with Crippen LogP contribution in [0.1, 0.15) is 35.2 Å². The van der Waals surface area contributed by atoms with Crippen LogP contribution in [0.25, 0.3) is 21.9 Å². The first kappa shape index (κ1) is 18.1. The normalized spacial score (nSPS) is 19.0. The Labute approximate surface area is 169 Å². The van der Waals surface area contributed by atoms with E-state index in [-0.39, 0.29) is 12.0 Å². The van der Waals surface area contributed by atoms with E-state index in [9.17, 15) is 9.90 Å². The second kappa shape index (κ2) is 7.12. The summed E-state index contributed by atoms with van der Waals surface area (Å²) in [6.07, 6.45) is 4.37. The lowest BCUT2D eigenvalue weighted by Gasteiger charge is -2.18. The van der Waals surface area contributed by atoms with Gasteiger partial charge < -0.3 is 15.3 Å². The third kappa shape index (κ3) is 3.56. The van der Waals surface area contributed by atoms with Crippen LogP contribution in [0.5, 0.6) is 0 Å². The van der Waals surface area contributed by atoms with Gasteiger partial charge in [0.05, 0.1) is 12.3 Å². The van der Waals surface area contributed by atoms with E-state index in [1.807, 2.05) is 18.2 Å². The second-order valence-corrected chi connectivity index (χ2v) is 8.14. The van der Waals surface area contributed by atoms with E-state index >= 15 is 0 Å². The van der Waals surface area contributed by atoms with Crippen LogP contribution in [-0.4, -0.2) is 46.4 Å². The zero-order chi connectivity index (χ0) is 20.0. The summed E-state index contributed by atoms with van der Waals surface area (Å²) in [5, 5.41) is 23.5. The number of aromatic nitrogens is 2. The molecule has 0 unspecified atom stereocenters. The smallest absolute Gasteiger partial charge is 0.251 e. The van der Waals surface area contributed by atoms with Gasteiger partial charge in [-0.15, -0.1) is 5.10 Å². The van der Waals surface area contributed by atoms with Gasteiger partial charge in [0.25, 0.3) is 5.91 Å². The monoisotopic (exact) mass is 388 g/mol. The number of nitrogens with one attached hydrogen (secondary N) is 1. The third-order valence-corrected chi connectivity index (χ3v) is 5.83. The van der Waals surface area contributed by atoms with Crippen molar-refractivity contribution in [1.82, 2.24) is 15.5 Å². The maximum atomic E-state index is 12.5. The van der Waals surface area contributed by atoms with E-state index in [0.717, 1.165) is 59.1 Å². The van der Waals surface area contributed by atoms with Crippen LogP contribution in [0, 0.1) is 6.92 Å². The van der Waals surface area contributed by atoms with Gasteiger partial charge in [0.15, 0.2) is 5.82 Å². The van der Waals surface area contributed by atoms with Crippen molar-refractivity contribution in [3.63, 3.8) is 0 Å². The molecule has 2 aromatic carbocycles. The fourth-order valence-corrected chi connectivity index (χ4v) is 3.98. The first-order chi connectivity index (χ1) is 14.1. The number of nitrogens with zero attached hydrogens (tertiary/aromatic N) is 3. The first-order valence-electron chi connectivity index (χ1n) is 10.2. The van der Waals surface area contributed by atoms with Gasteiger partial charge in [-0.3, -0.25) is 4.79 Å². The van der Waals surface area contributed by atoms with Crippen molar-refractivity contribution in [2.24, 2.45) is 0 Å². The van der Waals surface area contributed by atoms with Crippen LogP contribution < -0.4 is 10.2 Å². The number of aliphatic hydroxyl groups is 1. The second-order valence-electron chi connectivity index (χ2n) is 8.14. The lowest BCUT2D eigenvalue weighted by atomic mass is 9.96. The number of fused-ring (bicyclic) bond motifs is 1. The minimum atomic E-state index is -0.307. The maximum Gasteiger partial charge on any atom is 0.251 e. The number of carbonyl (C=O) groups is 1. The Hall–Kier alpha value is -2.99. The van der Waals surface area contributed by atoms with Crippen molar-refractivity contribution in [3.05, 3.63) is 53.7 Å². The lowest BCUT2D eigenvalue weighted by Crippen LogP contribution is -2.25. The van der Waals surface area contributed by atoms with Gasteiger partial charge in [-0.05, 0) is 67.1 Å². The Morgan fingerprint density at radius 3 is 2.79 bits per heavy atom.